The van der Waals surface area contributed by atoms with E-state index in [0.29, 0.717) is 34.0 Å². The normalized spacial score (nSPS) is 10.4. The SMILES string of the molecule is COc1cc(-c2ccc(NC(=O)c3cccc(C)c3)c(OC)c2)ccc1NC(=O)c1cccc(C)c1. The second-order valence-electron chi connectivity index (χ2n) is 8.48. The van der Waals surface area contributed by atoms with E-state index in [2.05, 4.69) is 10.6 Å². The quantitative estimate of drug-likeness (QED) is 0.317. The first-order chi connectivity index (χ1) is 17.4. The largest absolute Gasteiger partial charge is 0.495 e. The third kappa shape index (κ3) is 5.55. The summed E-state index contributed by atoms with van der Waals surface area (Å²) in [5.74, 6) is 0.647. The molecule has 36 heavy (non-hydrogen) atoms. The van der Waals surface area contributed by atoms with Gasteiger partial charge in [-0.05, 0) is 73.5 Å². The highest BCUT2D eigenvalue weighted by Crippen LogP contribution is 2.35. The average molecular weight is 481 g/mol. The Bertz CT molecular complexity index is 1320. The van der Waals surface area contributed by atoms with E-state index >= 15 is 0 Å². The molecule has 182 valence electrons. The summed E-state index contributed by atoms with van der Waals surface area (Å²) < 4.78 is 11.1. The van der Waals surface area contributed by atoms with Crippen molar-refractivity contribution in [3.63, 3.8) is 0 Å². The molecule has 2 N–H and O–H groups in total. The molecule has 0 saturated heterocycles. The van der Waals surface area contributed by atoms with Gasteiger partial charge in [0.1, 0.15) is 11.5 Å². The highest BCUT2D eigenvalue weighted by Gasteiger charge is 2.14. The van der Waals surface area contributed by atoms with Crippen LogP contribution in [0.5, 0.6) is 11.5 Å². The summed E-state index contributed by atoms with van der Waals surface area (Å²) in [6, 6.07) is 25.9. The minimum atomic E-state index is -0.208. The Kier molecular flexibility index (Phi) is 7.35. The standard InChI is InChI=1S/C30H28N2O4/c1-19-7-5-9-23(15-19)29(33)31-25-13-11-21(17-27(25)35-3)22-12-14-26(28(18-22)36-4)32-30(34)24-10-6-8-20(2)16-24/h5-18H,1-4H3,(H,31,33)(H,32,34). The van der Waals surface area contributed by atoms with Gasteiger partial charge in [0, 0.05) is 11.1 Å². The molecule has 0 radical (unpaired) electrons. The maximum Gasteiger partial charge on any atom is 0.255 e. The molecule has 0 bridgehead atoms. The van der Waals surface area contributed by atoms with Gasteiger partial charge in [0.15, 0.2) is 0 Å². The number of amides is 2. The van der Waals surface area contributed by atoms with Crippen molar-refractivity contribution in [3.05, 3.63) is 107 Å². The molecule has 0 unspecified atom stereocenters. The molecule has 6 heteroatoms. The number of anilines is 2. The Morgan fingerprint density at radius 2 is 1.00 bits per heavy atom. The number of aryl methyl sites for hydroxylation is 2. The van der Waals surface area contributed by atoms with E-state index in [1.54, 1.807) is 26.4 Å². The smallest absolute Gasteiger partial charge is 0.255 e. The van der Waals surface area contributed by atoms with Crippen LogP contribution in [0.1, 0.15) is 31.8 Å². The van der Waals surface area contributed by atoms with Gasteiger partial charge in [0.25, 0.3) is 11.8 Å². The molecule has 0 aliphatic heterocycles. The second-order valence-corrected chi connectivity index (χ2v) is 8.48. The van der Waals surface area contributed by atoms with Crippen molar-refractivity contribution in [2.45, 2.75) is 13.8 Å². The Hall–Kier alpha value is -4.58. The van der Waals surface area contributed by atoms with Crippen LogP contribution in [0.15, 0.2) is 84.9 Å². The van der Waals surface area contributed by atoms with Gasteiger partial charge < -0.3 is 20.1 Å². The van der Waals surface area contributed by atoms with E-state index in [4.69, 9.17) is 9.47 Å². The third-order valence-electron chi connectivity index (χ3n) is 5.79. The number of carbonyl (C=O) groups excluding carboxylic acids is 2. The van der Waals surface area contributed by atoms with E-state index in [0.717, 1.165) is 22.3 Å². The van der Waals surface area contributed by atoms with Gasteiger partial charge in [-0.1, -0.05) is 47.5 Å². The van der Waals surface area contributed by atoms with E-state index in [-0.39, 0.29) is 11.8 Å². The molecular weight excluding hydrogens is 452 g/mol. The van der Waals surface area contributed by atoms with Gasteiger partial charge in [-0.15, -0.1) is 0 Å². The lowest BCUT2D eigenvalue weighted by Crippen LogP contribution is -2.13. The number of methoxy groups -OCH3 is 2. The Morgan fingerprint density at radius 1 is 0.583 bits per heavy atom. The zero-order chi connectivity index (χ0) is 25.7. The number of hydrogen-bond donors (Lipinski definition) is 2. The van der Waals surface area contributed by atoms with Gasteiger partial charge in [-0.3, -0.25) is 9.59 Å². The van der Waals surface area contributed by atoms with Crippen LogP contribution < -0.4 is 20.1 Å². The van der Waals surface area contributed by atoms with Crippen molar-refractivity contribution < 1.29 is 19.1 Å². The van der Waals surface area contributed by atoms with Gasteiger partial charge >= 0.3 is 0 Å². The minimum Gasteiger partial charge on any atom is -0.495 e. The molecule has 4 aromatic rings. The summed E-state index contributed by atoms with van der Waals surface area (Å²) in [4.78, 5) is 25.4. The lowest BCUT2D eigenvalue weighted by Gasteiger charge is -2.15. The molecule has 4 aromatic carbocycles. The predicted molar refractivity (Wildman–Crippen MR) is 143 cm³/mol. The zero-order valence-electron chi connectivity index (χ0n) is 20.7. The molecule has 0 saturated carbocycles. The highest BCUT2D eigenvalue weighted by molar-refractivity contribution is 6.06. The van der Waals surface area contributed by atoms with Crippen LogP contribution in [0.4, 0.5) is 11.4 Å². The van der Waals surface area contributed by atoms with Crippen LogP contribution in [-0.4, -0.2) is 26.0 Å². The number of carbonyl (C=O) groups is 2. The molecule has 0 aliphatic rings. The number of hydrogen-bond acceptors (Lipinski definition) is 4. The fourth-order valence-electron chi connectivity index (χ4n) is 3.91. The van der Waals surface area contributed by atoms with Crippen LogP contribution in [0.25, 0.3) is 11.1 Å². The van der Waals surface area contributed by atoms with Crippen LogP contribution in [0.2, 0.25) is 0 Å². The molecule has 0 fully saturated rings. The van der Waals surface area contributed by atoms with E-state index in [9.17, 15) is 9.59 Å². The van der Waals surface area contributed by atoms with Crippen molar-refractivity contribution >= 4 is 23.2 Å². The number of benzene rings is 4. The molecule has 0 aliphatic carbocycles. The second kappa shape index (κ2) is 10.8. The first-order valence-corrected chi connectivity index (χ1v) is 11.5. The molecule has 0 atom stereocenters. The summed E-state index contributed by atoms with van der Waals surface area (Å²) in [6.45, 7) is 3.89. The Labute approximate surface area is 210 Å². The average Bonchev–Trinajstić information content (AvgIpc) is 2.89. The number of nitrogens with one attached hydrogen (secondary N) is 2. The van der Waals surface area contributed by atoms with Gasteiger partial charge in [-0.25, -0.2) is 0 Å². The number of rotatable bonds is 7. The summed E-state index contributed by atoms with van der Waals surface area (Å²) in [5.41, 5.74) is 6.06. The number of ether oxygens (including phenoxy) is 2. The molecule has 0 spiro atoms. The maximum absolute atomic E-state index is 12.7. The molecular formula is C30H28N2O4. The fourth-order valence-corrected chi connectivity index (χ4v) is 3.91. The molecule has 2 amide bonds. The van der Waals surface area contributed by atoms with E-state index < -0.39 is 0 Å². The van der Waals surface area contributed by atoms with E-state index in [1.807, 2.05) is 86.6 Å². The van der Waals surface area contributed by atoms with Gasteiger partial charge in [0.2, 0.25) is 0 Å². The van der Waals surface area contributed by atoms with Crippen molar-refractivity contribution in [1.82, 2.24) is 0 Å². The molecule has 0 heterocycles. The monoisotopic (exact) mass is 480 g/mol. The lowest BCUT2D eigenvalue weighted by atomic mass is 10.0. The molecule has 4 rings (SSSR count). The highest BCUT2D eigenvalue weighted by atomic mass is 16.5. The minimum absolute atomic E-state index is 0.208. The fraction of sp³-hybridized carbons (Fsp3) is 0.133. The summed E-state index contributed by atoms with van der Waals surface area (Å²) in [7, 11) is 3.12. The first-order valence-electron chi connectivity index (χ1n) is 11.5. The molecule has 6 nitrogen and oxygen atoms in total. The lowest BCUT2D eigenvalue weighted by molar-refractivity contribution is 0.101. The van der Waals surface area contributed by atoms with Gasteiger partial charge in [-0.2, -0.15) is 0 Å². The third-order valence-corrected chi connectivity index (χ3v) is 5.79. The van der Waals surface area contributed by atoms with Gasteiger partial charge in [0.05, 0.1) is 25.6 Å². The van der Waals surface area contributed by atoms with Crippen LogP contribution in [0.3, 0.4) is 0 Å². The summed E-state index contributed by atoms with van der Waals surface area (Å²) >= 11 is 0. The van der Waals surface area contributed by atoms with Crippen LogP contribution in [-0.2, 0) is 0 Å². The van der Waals surface area contributed by atoms with E-state index in [1.165, 1.54) is 0 Å². The van der Waals surface area contributed by atoms with Crippen molar-refractivity contribution in [2.24, 2.45) is 0 Å². The van der Waals surface area contributed by atoms with Crippen molar-refractivity contribution in [1.29, 1.82) is 0 Å². The zero-order valence-corrected chi connectivity index (χ0v) is 20.7. The first kappa shape index (κ1) is 24.5. The summed E-state index contributed by atoms with van der Waals surface area (Å²) in [6.07, 6.45) is 0. The van der Waals surface area contributed by atoms with Crippen molar-refractivity contribution in [3.8, 4) is 22.6 Å². The topological polar surface area (TPSA) is 76.7 Å². The maximum atomic E-state index is 12.7. The molecule has 0 aromatic heterocycles. The Balaban J connectivity index is 1.56. The predicted octanol–water partition coefficient (Wildman–Crippen LogP) is 6.49. The Morgan fingerprint density at radius 3 is 1.36 bits per heavy atom. The summed E-state index contributed by atoms with van der Waals surface area (Å²) in [5, 5.41) is 5.84. The van der Waals surface area contributed by atoms with Crippen LogP contribution >= 0.6 is 0 Å². The van der Waals surface area contributed by atoms with Crippen molar-refractivity contribution in [2.75, 3.05) is 24.9 Å². The van der Waals surface area contributed by atoms with Crippen LogP contribution in [0, 0.1) is 13.8 Å².